The molecule has 0 N–H and O–H groups in total. The van der Waals surface area contributed by atoms with Crippen LogP contribution in [0.5, 0.6) is 0 Å². The number of imide groups is 1. The third-order valence-corrected chi connectivity index (χ3v) is 6.45. The first kappa shape index (κ1) is 21.0. The molecule has 2 bridgehead atoms. The highest BCUT2D eigenvalue weighted by molar-refractivity contribution is 6.22. The number of piperazine rings is 1. The molecule has 4 amide bonds. The molecule has 0 aromatic heterocycles. The molecule has 2 aromatic carbocycles. The predicted molar refractivity (Wildman–Crippen MR) is 111 cm³/mol. The number of likely N-dealkylation sites (tertiary alicyclic amines) is 1. The van der Waals surface area contributed by atoms with Crippen molar-refractivity contribution in [3.05, 3.63) is 70.6 Å². The minimum absolute atomic E-state index is 0.241. The van der Waals surface area contributed by atoms with Crippen molar-refractivity contribution in [1.29, 1.82) is 0 Å². The fourth-order valence-corrected chi connectivity index (χ4v) is 5.06. The van der Waals surface area contributed by atoms with E-state index in [0.29, 0.717) is 18.1 Å². The Balaban J connectivity index is 1.47. The van der Waals surface area contributed by atoms with E-state index in [1.807, 2.05) is 13.0 Å². The normalized spacial score (nSPS) is 23.8. The Morgan fingerprint density at radius 1 is 1.15 bits per heavy atom. The Hall–Kier alpha value is -3.87. The van der Waals surface area contributed by atoms with Gasteiger partial charge >= 0.3 is 12.2 Å². The number of benzene rings is 2. The Kier molecular flexibility index (Phi) is 4.50. The molecule has 5 rings (SSSR count). The number of anilines is 1. The lowest BCUT2D eigenvalue weighted by atomic mass is 10.1. The summed E-state index contributed by atoms with van der Waals surface area (Å²) >= 11 is 0. The van der Waals surface area contributed by atoms with Gasteiger partial charge in [-0.1, -0.05) is 23.8 Å². The van der Waals surface area contributed by atoms with Crippen molar-refractivity contribution >= 4 is 29.2 Å². The highest BCUT2D eigenvalue weighted by Gasteiger charge is 2.63. The third-order valence-electron chi connectivity index (χ3n) is 6.45. The summed E-state index contributed by atoms with van der Waals surface area (Å²) < 4.78 is 40.2. The van der Waals surface area contributed by atoms with E-state index in [1.165, 1.54) is 4.90 Å². The van der Waals surface area contributed by atoms with E-state index < -0.39 is 41.4 Å². The van der Waals surface area contributed by atoms with Crippen molar-refractivity contribution in [2.24, 2.45) is 0 Å². The SMILES string of the molecule is [C-]#[N+]c1ccc(N2C(=O)[C@H]3C4CC(CN4C(=O)c4cccc(C)c4)N3C2=O)cc1C(F)(F)F. The molecule has 2 aromatic rings. The number of urea groups is 1. The van der Waals surface area contributed by atoms with Gasteiger partial charge in [0.15, 0.2) is 5.69 Å². The van der Waals surface area contributed by atoms with E-state index in [1.54, 1.807) is 23.1 Å². The van der Waals surface area contributed by atoms with Crippen LogP contribution in [-0.4, -0.2) is 52.3 Å². The fourth-order valence-electron chi connectivity index (χ4n) is 5.06. The van der Waals surface area contributed by atoms with Crippen LogP contribution in [0.25, 0.3) is 4.85 Å². The number of hydrogen-bond donors (Lipinski definition) is 0. The summed E-state index contributed by atoms with van der Waals surface area (Å²) in [5.41, 5.74) is -0.668. The van der Waals surface area contributed by atoms with Gasteiger partial charge in [0, 0.05) is 12.1 Å². The molecule has 3 aliphatic heterocycles. The van der Waals surface area contributed by atoms with Crippen molar-refractivity contribution in [1.82, 2.24) is 9.80 Å². The van der Waals surface area contributed by atoms with Gasteiger partial charge in [-0.2, -0.15) is 13.2 Å². The monoisotopic (exact) mass is 454 g/mol. The zero-order valence-corrected chi connectivity index (χ0v) is 17.3. The minimum Gasteiger partial charge on any atom is -0.331 e. The number of fused-ring (bicyclic) bond motifs is 5. The highest BCUT2D eigenvalue weighted by atomic mass is 19.4. The first-order chi connectivity index (χ1) is 15.6. The number of rotatable bonds is 2. The van der Waals surface area contributed by atoms with Crippen LogP contribution in [0.15, 0.2) is 42.5 Å². The predicted octanol–water partition coefficient (Wildman–Crippen LogP) is 4.00. The number of carbonyl (C=O) groups is 3. The van der Waals surface area contributed by atoms with Gasteiger partial charge in [-0.05, 0) is 37.6 Å². The van der Waals surface area contributed by atoms with E-state index >= 15 is 0 Å². The summed E-state index contributed by atoms with van der Waals surface area (Å²) in [4.78, 5) is 46.0. The zero-order valence-electron chi connectivity index (χ0n) is 17.3. The molecule has 3 saturated heterocycles. The van der Waals surface area contributed by atoms with Crippen molar-refractivity contribution < 1.29 is 27.6 Å². The molecule has 2 unspecified atom stereocenters. The summed E-state index contributed by atoms with van der Waals surface area (Å²) in [5.74, 6) is -0.914. The van der Waals surface area contributed by atoms with Crippen molar-refractivity contribution in [2.75, 3.05) is 11.4 Å². The van der Waals surface area contributed by atoms with E-state index in [-0.39, 0.29) is 24.2 Å². The molecule has 0 radical (unpaired) electrons. The largest absolute Gasteiger partial charge is 0.407 e. The molecule has 3 aliphatic rings. The molecule has 3 fully saturated rings. The number of aryl methyl sites for hydroxylation is 1. The molecule has 0 aliphatic carbocycles. The van der Waals surface area contributed by atoms with Gasteiger partial charge in [-0.3, -0.25) is 9.59 Å². The van der Waals surface area contributed by atoms with Gasteiger partial charge in [-0.15, -0.1) is 0 Å². The van der Waals surface area contributed by atoms with Gasteiger partial charge in [0.1, 0.15) is 6.04 Å². The number of alkyl halides is 3. The summed E-state index contributed by atoms with van der Waals surface area (Å²) in [6, 6.07) is 7.25. The fraction of sp³-hybridized carbons (Fsp3) is 0.304. The Morgan fingerprint density at radius 2 is 1.91 bits per heavy atom. The number of halogens is 3. The summed E-state index contributed by atoms with van der Waals surface area (Å²) in [5, 5.41) is 0. The minimum atomic E-state index is -4.81. The van der Waals surface area contributed by atoms with E-state index in [0.717, 1.165) is 22.6 Å². The van der Waals surface area contributed by atoms with Crippen LogP contribution in [-0.2, 0) is 11.0 Å². The number of amides is 4. The zero-order chi connectivity index (χ0) is 23.7. The lowest BCUT2D eigenvalue weighted by Gasteiger charge is -2.35. The van der Waals surface area contributed by atoms with Gasteiger partial charge in [0.2, 0.25) is 0 Å². The molecule has 3 atom stereocenters. The second-order valence-corrected chi connectivity index (χ2v) is 8.40. The van der Waals surface area contributed by atoms with E-state index in [2.05, 4.69) is 4.85 Å². The molecule has 33 heavy (non-hydrogen) atoms. The third kappa shape index (κ3) is 3.07. The summed E-state index contributed by atoms with van der Waals surface area (Å²) in [7, 11) is 0. The van der Waals surface area contributed by atoms with Crippen molar-refractivity contribution in [3.8, 4) is 0 Å². The van der Waals surface area contributed by atoms with E-state index in [4.69, 9.17) is 6.57 Å². The molecule has 168 valence electrons. The Morgan fingerprint density at radius 3 is 2.58 bits per heavy atom. The van der Waals surface area contributed by atoms with Crippen LogP contribution < -0.4 is 4.90 Å². The molecule has 7 nitrogen and oxygen atoms in total. The second-order valence-electron chi connectivity index (χ2n) is 8.40. The van der Waals surface area contributed by atoms with Gasteiger partial charge < -0.3 is 9.80 Å². The van der Waals surface area contributed by atoms with Crippen LogP contribution in [0.1, 0.15) is 27.9 Å². The Labute approximate surface area is 186 Å². The van der Waals surface area contributed by atoms with Crippen LogP contribution >= 0.6 is 0 Å². The quantitative estimate of drug-likeness (QED) is 0.509. The number of hydrogen-bond acceptors (Lipinski definition) is 3. The van der Waals surface area contributed by atoms with Crippen molar-refractivity contribution in [2.45, 2.75) is 37.6 Å². The molecule has 0 spiro atoms. The van der Waals surface area contributed by atoms with Crippen LogP contribution in [0.2, 0.25) is 0 Å². The van der Waals surface area contributed by atoms with Gasteiger partial charge in [-0.25, -0.2) is 14.5 Å². The van der Waals surface area contributed by atoms with E-state index in [9.17, 15) is 27.6 Å². The first-order valence-corrected chi connectivity index (χ1v) is 10.2. The van der Waals surface area contributed by atoms with Crippen LogP contribution in [0.4, 0.5) is 29.3 Å². The maximum absolute atomic E-state index is 13.4. The average molecular weight is 454 g/mol. The van der Waals surface area contributed by atoms with Crippen molar-refractivity contribution in [3.63, 3.8) is 0 Å². The highest BCUT2D eigenvalue weighted by Crippen LogP contribution is 2.44. The lowest BCUT2D eigenvalue weighted by Crippen LogP contribution is -2.54. The molecule has 0 saturated carbocycles. The maximum atomic E-state index is 13.4. The number of nitrogens with zero attached hydrogens (tertiary/aromatic N) is 4. The molecular formula is C23H17F3N4O3. The van der Waals surface area contributed by atoms with Gasteiger partial charge in [0.05, 0.1) is 29.9 Å². The Bertz CT molecular complexity index is 1250. The molecular weight excluding hydrogens is 437 g/mol. The summed E-state index contributed by atoms with van der Waals surface area (Å²) in [6.07, 6.45) is -4.37. The number of carbonyl (C=O) groups excluding carboxylic acids is 3. The van der Waals surface area contributed by atoms with Crippen LogP contribution in [0, 0.1) is 13.5 Å². The van der Waals surface area contributed by atoms with Gasteiger partial charge in [0.25, 0.3) is 11.8 Å². The smallest absolute Gasteiger partial charge is 0.331 e. The average Bonchev–Trinajstić information content (AvgIpc) is 3.43. The topological polar surface area (TPSA) is 65.3 Å². The maximum Gasteiger partial charge on any atom is 0.407 e. The second kappa shape index (κ2) is 7.07. The lowest BCUT2D eigenvalue weighted by molar-refractivity contribution is -0.136. The summed E-state index contributed by atoms with van der Waals surface area (Å²) in [6.45, 7) is 9.08. The standard InChI is InChI=1S/C23H17F3N4O3/c1-12-4-3-5-13(8-12)20(31)28-11-15-10-18(28)19-21(32)30(22(33)29(15)19)14-6-7-17(27-2)16(9-14)23(24,25)26/h3-9,15,18-19H,10-11H2,1H3/t15?,18?,19-/m1/s1. The van der Waals surface area contributed by atoms with Crippen LogP contribution in [0.3, 0.4) is 0 Å². The first-order valence-electron chi connectivity index (χ1n) is 10.2. The molecule has 3 heterocycles. The molecule has 10 heteroatoms.